The van der Waals surface area contributed by atoms with E-state index in [0.29, 0.717) is 5.92 Å². The van der Waals surface area contributed by atoms with Crippen LogP contribution in [0, 0.1) is 5.92 Å². The van der Waals surface area contributed by atoms with E-state index in [2.05, 4.69) is 61.4 Å². The van der Waals surface area contributed by atoms with E-state index in [-0.39, 0.29) is 0 Å². The first-order valence-corrected chi connectivity index (χ1v) is 8.04. The van der Waals surface area contributed by atoms with Gasteiger partial charge in [-0.3, -0.25) is 0 Å². The first-order chi connectivity index (χ1) is 9.24. The molecule has 2 aromatic rings. The SMILES string of the molecule is Brc1ccc2c(Br)c(OC[C@@H]3CCNC3)ccc2c1. The topological polar surface area (TPSA) is 21.3 Å². The fourth-order valence-electron chi connectivity index (χ4n) is 2.42. The van der Waals surface area contributed by atoms with Crippen LogP contribution < -0.4 is 10.1 Å². The minimum Gasteiger partial charge on any atom is -0.492 e. The molecule has 1 aliphatic rings. The Morgan fingerprint density at radius 1 is 1.21 bits per heavy atom. The number of hydrogen-bond acceptors (Lipinski definition) is 2. The summed E-state index contributed by atoms with van der Waals surface area (Å²) < 4.78 is 8.10. The Bertz CT molecular complexity index is 594. The van der Waals surface area contributed by atoms with Crippen LogP contribution >= 0.6 is 31.9 Å². The molecule has 1 heterocycles. The summed E-state index contributed by atoms with van der Waals surface area (Å²) >= 11 is 7.16. The normalized spacial score (nSPS) is 18.9. The lowest BCUT2D eigenvalue weighted by Gasteiger charge is -2.13. The number of rotatable bonds is 3. The highest BCUT2D eigenvalue weighted by Crippen LogP contribution is 2.34. The standard InChI is InChI=1S/C15H15Br2NO/c16-12-2-3-13-11(7-12)1-4-14(15(13)17)19-9-10-5-6-18-8-10/h1-4,7,10,18H,5-6,8-9H2/t10-/m1/s1. The van der Waals surface area contributed by atoms with E-state index in [1.807, 2.05) is 6.07 Å². The number of nitrogens with one attached hydrogen (secondary N) is 1. The Kier molecular flexibility index (Phi) is 4.10. The molecule has 19 heavy (non-hydrogen) atoms. The largest absolute Gasteiger partial charge is 0.492 e. The summed E-state index contributed by atoms with van der Waals surface area (Å²) in [6.07, 6.45) is 1.21. The van der Waals surface area contributed by atoms with Gasteiger partial charge in [0.05, 0.1) is 11.1 Å². The van der Waals surface area contributed by atoms with E-state index in [1.54, 1.807) is 0 Å². The van der Waals surface area contributed by atoms with Crippen LogP contribution in [0.3, 0.4) is 0 Å². The number of halogens is 2. The Labute approximate surface area is 129 Å². The Morgan fingerprint density at radius 3 is 2.89 bits per heavy atom. The van der Waals surface area contributed by atoms with Gasteiger partial charge in [-0.2, -0.15) is 0 Å². The Morgan fingerprint density at radius 2 is 2.11 bits per heavy atom. The molecule has 1 atom stereocenters. The summed E-state index contributed by atoms with van der Waals surface area (Å²) in [5, 5.41) is 5.75. The third-order valence-corrected chi connectivity index (χ3v) is 4.83. The Hall–Kier alpha value is -0.580. The molecule has 2 aromatic carbocycles. The number of fused-ring (bicyclic) bond motifs is 1. The van der Waals surface area contributed by atoms with E-state index in [4.69, 9.17) is 4.74 Å². The van der Waals surface area contributed by atoms with Crippen molar-refractivity contribution in [3.63, 3.8) is 0 Å². The summed E-state index contributed by atoms with van der Waals surface area (Å²) in [5.41, 5.74) is 0. The zero-order valence-electron chi connectivity index (χ0n) is 10.5. The second-order valence-electron chi connectivity index (χ2n) is 4.91. The van der Waals surface area contributed by atoms with Crippen molar-refractivity contribution >= 4 is 42.6 Å². The maximum Gasteiger partial charge on any atom is 0.134 e. The van der Waals surface area contributed by atoms with Gasteiger partial charge in [0.25, 0.3) is 0 Å². The van der Waals surface area contributed by atoms with Gasteiger partial charge in [0, 0.05) is 16.9 Å². The van der Waals surface area contributed by atoms with Gasteiger partial charge < -0.3 is 10.1 Å². The molecular formula is C15H15Br2NO. The highest BCUT2D eigenvalue weighted by Gasteiger charge is 2.16. The second kappa shape index (κ2) is 5.81. The fourth-order valence-corrected chi connectivity index (χ4v) is 3.41. The van der Waals surface area contributed by atoms with E-state index >= 15 is 0 Å². The molecule has 4 heteroatoms. The van der Waals surface area contributed by atoms with Crippen molar-refractivity contribution in [2.24, 2.45) is 5.92 Å². The molecule has 100 valence electrons. The maximum absolute atomic E-state index is 5.96. The molecule has 0 aliphatic carbocycles. The highest BCUT2D eigenvalue weighted by molar-refractivity contribution is 9.11. The van der Waals surface area contributed by atoms with Crippen LogP contribution in [0.1, 0.15) is 6.42 Å². The van der Waals surface area contributed by atoms with Crippen molar-refractivity contribution in [3.05, 3.63) is 39.3 Å². The van der Waals surface area contributed by atoms with Crippen LogP contribution in [0.2, 0.25) is 0 Å². The van der Waals surface area contributed by atoms with Gasteiger partial charge in [-0.05, 0) is 57.9 Å². The van der Waals surface area contributed by atoms with Gasteiger partial charge >= 0.3 is 0 Å². The predicted octanol–water partition coefficient (Wildman–Crippen LogP) is 4.35. The molecule has 0 saturated carbocycles. The van der Waals surface area contributed by atoms with E-state index < -0.39 is 0 Å². The first-order valence-electron chi connectivity index (χ1n) is 6.45. The number of benzene rings is 2. The molecule has 1 saturated heterocycles. The molecule has 1 aliphatic heterocycles. The van der Waals surface area contributed by atoms with Gasteiger partial charge in [-0.1, -0.05) is 28.1 Å². The van der Waals surface area contributed by atoms with Crippen LogP contribution in [0.4, 0.5) is 0 Å². The van der Waals surface area contributed by atoms with Gasteiger partial charge in [0.2, 0.25) is 0 Å². The second-order valence-corrected chi connectivity index (χ2v) is 6.62. The Balaban J connectivity index is 1.83. The molecule has 0 bridgehead atoms. The lowest BCUT2D eigenvalue weighted by Crippen LogP contribution is -2.15. The summed E-state index contributed by atoms with van der Waals surface area (Å²) in [6.45, 7) is 2.97. The quantitative estimate of drug-likeness (QED) is 0.849. The van der Waals surface area contributed by atoms with Crippen molar-refractivity contribution in [2.75, 3.05) is 19.7 Å². The lowest BCUT2D eigenvalue weighted by atomic mass is 10.1. The molecule has 0 aromatic heterocycles. The lowest BCUT2D eigenvalue weighted by molar-refractivity contribution is 0.259. The van der Waals surface area contributed by atoms with Gasteiger partial charge in [-0.25, -0.2) is 0 Å². The third kappa shape index (κ3) is 2.96. The average Bonchev–Trinajstić information content (AvgIpc) is 2.91. The first kappa shape index (κ1) is 13.4. The van der Waals surface area contributed by atoms with Crippen LogP contribution in [0.5, 0.6) is 5.75 Å². The molecule has 0 spiro atoms. The van der Waals surface area contributed by atoms with Crippen LogP contribution in [-0.4, -0.2) is 19.7 Å². The zero-order chi connectivity index (χ0) is 13.2. The van der Waals surface area contributed by atoms with Crippen molar-refractivity contribution < 1.29 is 4.74 Å². The zero-order valence-corrected chi connectivity index (χ0v) is 13.6. The van der Waals surface area contributed by atoms with Crippen molar-refractivity contribution in [1.29, 1.82) is 0 Å². The van der Waals surface area contributed by atoms with Crippen molar-refractivity contribution in [3.8, 4) is 5.75 Å². The van der Waals surface area contributed by atoms with Crippen molar-refractivity contribution in [1.82, 2.24) is 5.32 Å². The molecular weight excluding hydrogens is 370 g/mol. The van der Waals surface area contributed by atoms with Crippen molar-refractivity contribution in [2.45, 2.75) is 6.42 Å². The molecule has 1 fully saturated rings. The van der Waals surface area contributed by atoms with E-state index in [0.717, 1.165) is 34.4 Å². The monoisotopic (exact) mass is 383 g/mol. The van der Waals surface area contributed by atoms with Crippen LogP contribution in [-0.2, 0) is 0 Å². The number of hydrogen-bond donors (Lipinski definition) is 1. The fraction of sp³-hybridized carbons (Fsp3) is 0.333. The summed E-state index contributed by atoms with van der Waals surface area (Å²) in [7, 11) is 0. The molecule has 0 radical (unpaired) electrons. The summed E-state index contributed by atoms with van der Waals surface area (Å²) in [5.74, 6) is 1.56. The highest BCUT2D eigenvalue weighted by atomic mass is 79.9. The van der Waals surface area contributed by atoms with Gasteiger partial charge in [0.1, 0.15) is 5.75 Å². The molecule has 0 unspecified atom stereocenters. The average molecular weight is 385 g/mol. The predicted molar refractivity (Wildman–Crippen MR) is 85.8 cm³/mol. The summed E-state index contributed by atoms with van der Waals surface area (Å²) in [6, 6.07) is 10.4. The molecule has 1 N–H and O–H groups in total. The van der Waals surface area contributed by atoms with Gasteiger partial charge in [-0.15, -0.1) is 0 Å². The van der Waals surface area contributed by atoms with Crippen LogP contribution in [0.15, 0.2) is 39.3 Å². The molecule has 3 rings (SSSR count). The van der Waals surface area contributed by atoms with Crippen LogP contribution in [0.25, 0.3) is 10.8 Å². The molecule has 2 nitrogen and oxygen atoms in total. The molecule has 0 amide bonds. The maximum atomic E-state index is 5.96. The summed E-state index contributed by atoms with van der Waals surface area (Å²) in [4.78, 5) is 0. The van der Waals surface area contributed by atoms with Gasteiger partial charge in [0.15, 0.2) is 0 Å². The minimum absolute atomic E-state index is 0.632. The van der Waals surface area contributed by atoms with E-state index in [1.165, 1.54) is 17.2 Å². The smallest absolute Gasteiger partial charge is 0.134 e. The third-order valence-electron chi connectivity index (χ3n) is 3.52. The van der Waals surface area contributed by atoms with E-state index in [9.17, 15) is 0 Å². The number of ether oxygens (including phenoxy) is 1. The minimum atomic E-state index is 0.632.